The molecule has 0 unspecified atom stereocenters. The summed E-state index contributed by atoms with van der Waals surface area (Å²) in [5.74, 6) is 0.0393. The van der Waals surface area contributed by atoms with Crippen LogP contribution in [-0.4, -0.2) is 29.9 Å². The molecule has 0 spiro atoms. The van der Waals surface area contributed by atoms with E-state index >= 15 is 0 Å². The summed E-state index contributed by atoms with van der Waals surface area (Å²) in [7, 11) is 0. The van der Waals surface area contributed by atoms with Gasteiger partial charge >= 0.3 is 0 Å². The van der Waals surface area contributed by atoms with E-state index in [1.54, 1.807) is 12.4 Å². The number of hydrogen-bond donors (Lipinski definition) is 2. The largest absolute Gasteiger partial charge is 0.371 e. The molecule has 6 heteroatoms. The first-order chi connectivity index (χ1) is 14.2. The summed E-state index contributed by atoms with van der Waals surface area (Å²) in [4.78, 5) is 31.8. The summed E-state index contributed by atoms with van der Waals surface area (Å²) >= 11 is 0. The first-order valence-corrected chi connectivity index (χ1v) is 10.6. The molecule has 1 aromatic carbocycles. The zero-order valence-electron chi connectivity index (χ0n) is 16.7. The molecular formula is C23H28N4O2. The van der Waals surface area contributed by atoms with E-state index in [0.29, 0.717) is 17.8 Å². The van der Waals surface area contributed by atoms with Crippen LogP contribution < -0.4 is 15.5 Å². The highest BCUT2D eigenvalue weighted by molar-refractivity contribution is 6.02. The van der Waals surface area contributed by atoms with Crippen LogP contribution in [0.3, 0.4) is 0 Å². The minimum absolute atomic E-state index is 0.0590. The molecule has 152 valence electrons. The highest BCUT2D eigenvalue weighted by Crippen LogP contribution is 2.30. The van der Waals surface area contributed by atoms with Gasteiger partial charge < -0.3 is 15.5 Å². The van der Waals surface area contributed by atoms with Gasteiger partial charge in [0.25, 0.3) is 5.91 Å². The number of carbonyl (C=O) groups is 2. The van der Waals surface area contributed by atoms with Crippen LogP contribution in [0.2, 0.25) is 0 Å². The van der Waals surface area contributed by atoms with Crippen molar-refractivity contribution in [1.82, 2.24) is 10.3 Å². The van der Waals surface area contributed by atoms with Gasteiger partial charge in [-0.3, -0.25) is 14.6 Å². The van der Waals surface area contributed by atoms with Crippen LogP contribution in [0.25, 0.3) is 0 Å². The average Bonchev–Trinajstić information content (AvgIpc) is 2.72. The van der Waals surface area contributed by atoms with Crippen molar-refractivity contribution in [3.63, 3.8) is 0 Å². The van der Waals surface area contributed by atoms with Crippen LogP contribution in [-0.2, 0) is 11.3 Å². The first-order valence-electron chi connectivity index (χ1n) is 10.6. The molecule has 1 saturated heterocycles. The van der Waals surface area contributed by atoms with E-state index in [4.69, 9.17) is 0 Å². The number of nitrogens with zero attached hydrogens (tertiary/aromatic N) is 2. The lowest BCUT2D eigenvalue weighted by Gasteiger charge is -2.31. The van der Waals surface area contributed by atoms with Crippen molar-refractivity contribution in [2.75, 3.05) is 23.3 Å². The fourth-order valence-corrected chi connectivity index (χ4v) is 3.90. The van der Waals surface area contributed by atoms with E-state index in [1.165, 1.54) is 6.42 Å². The van der Waals surface area contributed by atoms with Crippen molar-refractivity contribution in [3.8, 4) is 0 Å². The predicted molar refractivity (Wildman–Crippen MR) is 114 cm³/mol. The SMILES string of the molecule is O=C(NCc1cccnc1)c1cc(NC(=O)C2CCC2)ccc1N1CCCCC1. The van der Waals surface area contributed by atoms with Crippen molar-refractivity contribution in [2.24, 2.45) is 5.92 Å². The number of nitrogens with one attached hydrogen (secondary N) is 2. The molecule has 2 amide bonds. The normalized spacial score (nSPS) is 16.8. The van der Waals surface area contributed by atoms with Crippen LogP contribution >= 0.6 is 0 Å². The number of hydrogen-bond acceptors (Lipinski definition) is 4. The van der Waals surface area contributed by atoms with Gasteiger partial charge in [0.15, 0.2) is 0 Å². The Morgan fingerprint density at radius 3 is 2.59 bits per heavy atom. The van der Waals surface area contributed by atoms with Crippen LogP contribution in [0.4, 0.5) is 11.4 Å². The van der Waals surface area contributed by atoms with Crippen molar-refractivity contribution in [1.29, 1.82) is 0 Å². The number of piperidine rings is 1. The Balaban J connectivity index is 1.53. The second kappa shape index (κ2) is 9.07. The second-order valence-corrected chi connectivity index (χ2v) is 7.94. The maximum Gasteiger partial charge on any atom is 0.253 e. The second-order valence-electron chi connectivity index (χ2n) is 7.94. The third kappa shape index (κ3) is 4.75. The highest BCUT2D eigenvalue weighted by Gasteiger charge is 2.26. The van der Waals surface area contributed by atoms with Gasteiger partial charge in [0, 0.05) is 49.3 Å². The molecule has 1 aromatic heterocycles. The quantitative estimate of drug-likeness (QED) is 0.785. The van der Waals surface area contributed by atoms with Crippen molar-refractivity contribution >= 4 is 23.2 Å². The first kappa shape index (κ1) is 19.4. The monoisotopic (exact) mass is 392 g/mol. The molecule has 29 heavy (non-hydrogen) atoms. The molecular weight excluding hydrogens is 364 g/mol. The summed E-state index contributed by atoms with van der Waals surface area (Å²) in [5.41, 5.74) is 3.20. The smallest absolute Gasteiger partial charge is 0.253 e. The standard InChI is InChI=1S/C23H28N4O2/c28-22(18-7-4-8-18)26-19-9-10-21(27-12-2-1-3-13-27)20(14-19)23(29)25-16-17-6-5-11-24-15-17/h5-6,9-11,14-15,18H,1-4,7-8,12-13,16H2,(H,25,29)(H,26,28). The third-order valence-electron chi connectivity index (χ3n) is 5.86. The zero-order valence-corrected chi connectivity index (χ0v) is 16.7. The van der Waals surface area contributed by atoms with E-state index in [-0.39, 0.29) is 17.7 Å². The zero-order chi connectivity index (χ0) is 20.1. The van der Waals surface area contributed by atoms with Gasteiger partial charge in [-0.05, 0) is 61.9 Å². The maximum atomic E-state index is 13.0. The Labute approximate surface area is 171 Å². The maximum absolute atomic E-state index is 13.0. The van der Waals surface area contributed by atoms with Gasteiger partial charge in [0.2, 0.25) is 5.91 Å². The Hall–Kier alpha value is -2.89. The summed E-state index contributed by atoms with van der Waals surface area (Å²) in [5, 5.41) is 6.00. The Bertz CT molecular complexity index is 858. The van der Waals surface area contributed by atoms with E-state index in [0.717, 1.165) is 56.4 Å². The van der Waals surface area contributed by atoms with Crippen LogP contribution in [0.5, 0.6) is 0 Å². The summed E-state index contributed by atoms with van der Waals surface area (Å²) in [6, 6.07) is 9.50. The molecule has 2 aromatic rings. The van der Waals surface area contributed by atoms with Gasteiger partial charge in [-0.1, -0.05) is 12.5 Å². The summed E-state index contributed by atoms with van der Waals surface area (Å²) in [6.45, 7) is 2.33. The fourth-order valence-electron chi connectivity index (χ4n) is 3.90. The number of rotatable bonds is 6. The van der Waals surface area contributed by atoms with Crippen molar-refractivity contribution < 1.29 is 9.59 Å². The van der Waals surface area contributed by atoms with Crippen LogP contribution in [0.15, 0.2) is 42.7 Å². The molecule has 2 fully saturated rings. The number of anilines is 2. The Morgan fingerprint density at radius 1 is 1.07 bits per heavy atom. The predicted octanol–water partition coefficient (Wildman–Crippen LogP) is 3.74. The number of pyridine rings is 1. The molecule has 4 rings (SSSR count). The third-order valence-corrected chi connectivity index (χ3v) is 5.86. The summed E-state index contributed by atoms with van der Waals surface area (Å²) in [6.07, 6.45) is 10.00. The topological polar surface area (TPSA) is 74.3 Å². The molecule has 2 heterocycles. The van der Waals surface area contributed by atoms with Crippen molar-refractivity contribution in [2.45, 2.75) is 45.1 Å². The van der Waals surface area contributed by atoms with Gasteiger partial charge in [-0.25, -0.2) is 0 Å². The molecule has 1 saturated carbocycles. The van der Waals surface area contributed by atoms with Crippen LogP contribution in [0.1, 0.15) is 54.4 Å². The Kier molecular flexibility index (Phi) is 6.08. The molecule has 1 aliphatic carbocycles. The molecule has 2 N–H and O–H groups in total. The Morgan fingerprint density at radius 2 is 1.90 bits per heavy atom. The molecule has 0 radical (unpaired) electrons. The van der Waals surface area contributed by atoms with E-state index < -0.39 is 0 Å². The van der Waals surface area contributed by atoms with Gasteiger partial charge in [-0.2, -0.15) is 0 Å². The van der Waals surface area contributed by atoms with Crippen molar-refractivity contribution in [3.05, 3.63) is 53.9 Å². The number of aromatic nitrogens is 1. The molecule has 1 aliphatic heterocycles. The minimum Gasteiger partial charge on any atom is -0.371 e. The van der Waals surface area contributed by atoms with E-state index in [1.807, 2.05) is 30.3 Å². The lowest BCUT2D eigenvalue weighted by molar-refractivity contribution is -0.122. The molecule has 6 nitrogen and oxygen atoms in total. The molecule has 0 bridgehead atoms. The van der Waals surface area contributed by atoms with Gasteiger partial charge in [0.1, 0.15) is 0 Å². The molecule has 2 aliphatic rings. The number of carbonyl (C=O) groups excluding carboxylic acids is 2. The fraction of sp³-hybridized carbons (Fsp3) is 0.435. The van der Waals surface area contributed by atoms with E-state index in [2.05, 4.69) is 20.5 Å². The lowest BCUT2D eigenvalue weighted by atomic mass is 9.85. The number of amides is 2. The highest BCUT2D eigenvalue weighted by atomic mass is 16.2. The van der Waals surface area contributed by atoms with Gasteiger partial charge in [0.05, 0.1) is 5.56 Å². The minimum atomic E-state index is -0.130. The van der Waals surface area contributed by atoms with Crippen LogP contribution in [0, 0.1) is 5.92 Å². The average molecular weight is 393 g/mol. The molecule has 0 atom stereocenters. The lowest BCUT2D eigenvalue weighted by Crippen LogP contribution is -2.33. The van der Waals surface area contributed by atoms with E-state index in [9.17, 15) is 9.59 Å². The summed E-state index contributed by atoms with van der Waals surface area (Å²) < 4.78 is 0. The number of benzene rings is 1. The van der Waals surface area contributed by atoms with Gasteiger partial charge in [-0.15, -0.1) is 0 Å².